The molecule has 8 nitrogen and oxygen atoms in total. The van der Waals surface area contributed by atoms with Crippen molar-refractivity contribution in [1.82, 2.24) is 5.32 Å². The summed E-state index contributed by atoms with van der Waals surface area (Å²) in [4.78, 5) is 36.2. The molecule has 9 heteroatoms. The van der Waals surface area contributed by atoms with Crippen molar-refractivity contribution in [2.75, 3.05) is 5.32 Å². The van der Waals surface area contributed by atoms with E-state index in [1.54, 1.807) is 6.07 Å². The fourth-order valence-electron chi connectivity index (χ4n) is 3.24. The highest BCUT2D eigenvalue weighted by molar-refractivity contribution is 7.16. The molecule has 2 aromatic rings. The van der Waals surface area contributed by atoms with Crippen LogP contribution in [0.15, 0.2) is 30.3 Å². The van der Waals surface area contributed by atoms with Crippen LogP contribution in [0.5, 0.6) is 0 Å². The van der Waals surface area contributed by atoms with Crippen LogP contribution in [0.3, 0.4) is 0 Å². The summed E-state index contributed by atoms with van der Waals surface area (Å²) >= 11 is 1.27. The third-order valence-electron chi connectivity index (χ3n) is 4.64. The monoisotopic (exact) mass is 474 g/mol. The van der Waals surface area contributed by atoms with E-state index in [1.165, 1.54) is 11.3 Å². The van der Waals surface area contributed by atoms with E-state index >= 15 is 0 Å². The molecule has 2 rings (SSSR count). The largest absolute Gasteiger partial charge is 0.459 e. The van der Waals surface area contributed by atoms with Gasteiger partial charge in [-0.2, -0.15) is 0 Å². The highest BCUT2D eigenvalue weighted by atomic mass is 32.1. The van der Waals surface area contributed by atoms with Gasteiger partial charge in [-0.3, -0.25) is 14.9 Å². The summed E-state index contributed by atoms with van der Waals surface area (Å²) in [6.45, 7) is 10.3. The first-order valence-electron chi connectivity index (χ1n) is 10.9. The number of primary amides is 2. The van der Waals surface area contributed by atoms with Crippen molar-refractivity contribution in [3.8, 4) is 0 Å². The first-order valence-corrected chi connectivity index (χ1v) is 11.7. The SMILES string of the molecule is CC(C)C[C@H](NCc1ccc(Cc2cc(C(N)=O)c(NC(N)=O)s2)cc1)C(=O)OC(C)(C)C. The number of urea groups is 1. The fraction of sp³-hybridized carbons (Fsp3) is 0.458. The molecule has 0 aliphatic carbocycles. The average molecular weight is 475 g/mol. The minimum Gasteiger partial charge on any atom is -0.459 e. The summed E-state index contributed by atoms with van der Waals surface area (Å²) in [5, 5.41) is 6.12. The molecule has 0 saturated heterocycles. The van der Waals surface area contributed by atoms with E-state index in [0.29, 0.717) is 30.3 Å². The number of thiophene rings is 1. The Hall–Kier alpha value is -2.91. The van der Waals surface area contributed by atoms with Crippen molar-refractivity contribution >= 4 is 34.2 Å². The molecule has 33 heavy (non-hydrogen) atoms. The number of hydrogen-bond donors (Lipinski definition) is 4. The van der Waals surface area contributed by atoms with Crippen LogP contribution in [0.2, 0.25) is 0 Å². The molecule has 0 aliphatic heterocycles. The number of carbonyl (C=O) groups is 3. The van der Waals surface area contributed by atoms with E-state index in [9.17, 15) is 14.4 Å². The Kier molecular flexibility index (Phi) is 9.01. The zero-order valence-corrected chi connectivity index (χ0v) is 20.7. The Balaban J connectivity index is 2.04. The average Bonchev–Trinajstić information content (AvgIpc) is 3.06. The molecule has 0 saturated carbocycles. The van der Waals surface area contributed by atoms with Crippen LogP contribution in [-0.2, 0) is 22.5 Å². The Morgan fingerprint density at radius 3 is 2.18 bits per heavy atom. The maximum absolute atomic E-state index is 12.6. The smallest absolute Gasteiger partial charge is 0.323 e. The number of ether oxygens (including phenoxy) is 1. The molecule has 0 spiro atoms. The third kappa shape index (κ3) is 8.86. The standard InChI is InChI=1S/C24H34N4O4S/c1-14(2)10-19(22(30)32-24(3,4)5)27-13-16-8-6-15(7-9-16)11-17-12-18(20(25)29)21(33-17)28-23(26)31/h6-9,12,14,19,27H,10-11,13H2,1-5H3,(H2,25,29)(H3,26,28,31)/t19-/m0/s1. The Labute approximate surface area is 199 Å². The molecule has 0 radical (unpaired) electrons. The molecule has 1 atom stereocenters. The summed E-state index contributed by atoms with van der Waals surface area (Å²) in [6.07, 6.45) is 1.27. The number of carbonyl (C=O) groups excluding carboxylic acids is 3. The molecule has 0 unspecified atom stereocenters. The quantitative estimate of drug-likeness (QED) is 0.389. The molecular weight excluding hydrogens is 440 g/mol. The predicted octanol–water partition coefficient (Wildman–Crippen LogP) is 3.77. The van der Waals surface area contributed by atoms with Crippen LogP contribution in [0.4, 0.5) is 9.80 Å². The number of nitrogens with two attached hydrogens (primary N) is 2. The van der Waals surface area contributed by atoms with Gasteiger partial charge in [0.1, 0.15) is 16.6 Å². The van der Waals surface area contributed by atoms with Crippen LogP contribution in [0.1, 0.15) is 67.4 Å². The Morgan fingerprint density at radius 2 is 1.67 bits per heavy atom. The maximum atomic E-state index is 12.6. The molecule has 6 N–H and O–H groups in total. The lowest BCUT2D eigenvalue weighted by Crippen LogP contribution is -2.41. The summed E-state index contributed by atoms with van der Waals surface area (Å²) in [7, 11) is 0. The van der Waals surface area contributed by atoms with Crippen molar-refractivity contribution < 1.29 is 19.1 Å². The van der Waals surface area contributed by atoms with Gasteiger partial charge in [0.25, 0.3) is 5.91 Å². The highest BCUT2D eigenvalue weighted by Crippen LogP contribution is 2.29. The first-order chi connectivity index (χ1) is 15.3. The maximum Gasteiger partial charge on any atom is 0.323 e. The second-order valence-electron chi connectivity index (χ2n) is 9.40. The van der Waals surface area contributed by atoms with Crippen molar-refractivity contribution in [2.24, 2.45) is 17.4 Å². The molecule has 0 bridgehead atoms. The number of rotatable bonds is 10. The number of anilines is 1. The first kappa shape index (κ1) is 26.3. The van der Waals surface area contributed by atoms with Crippen molar-refractivity contribution in [3.63, 3.8) is 0 Å². The van der Waals surface area contributed by atoms with Gasteiger partial charge < -0.3 is 21.5 Å². The molecule has 1 aromatic carbocycles. The van der Waals surface area contributed by atoms with Crippen LogP contribution in [0, 0.1) is 5.92 Å². The molecule has 0 fully saturated rings. The molecule has 1 aromatic heterocycles. The number of benzene rings is 1. The zero-order valence-electron chi connectivity index (χ0n) is 19.9. The second kappa shape index (κ2) is 11.3. The van der Waals surface area contributed by atoms with Crippen molar-refractivity contribution in [1.29, 1.82) is 0 Å². The van der Waals surface area contributed by atoms with Gasteiger partial charge in [-0.05, 0) is 50.3 Å². The van der Waals surface area contributed by atoms with Crippen LogP contribution >= 0.6 is 11.3 Å². The molecule has 3 amide bonds. The summed E-state index contributed by atoms with van der Waals surface area (Å²) in [5.74, 6) is -0.512. The van der Waals surface area contributed by atoms with E-state index in [0.717, 1.165) is 16.0 Å². The number of amides is 3. The van der Waals surface area contributed by atoms with Crippen LogP contribution in [0.25, 0.3) is 0 Å². The van der Waals surface area contributed by atoms with Gasteiger partial charge in [0.2, 0.25) is 0 Å². The summed E-state index contributed by atoms with van der Waals surface area (Å²) < 4.78 is 5.56. The Morgan fingerprint density at radius 1 is 1.06 bits per heavy atom. The van der Waals surface area contributed by atoms with Crippen LogP contribution < -0.4 is 22.1 Å². The topological polar surface area (TPSA) is 137 Å². The Bertz CT molecular complexity index is 977. The number of nitrogens with one attached hydrogen (secondary N) is 2. The van der Waals surface area contributed by atoms with Gasteiger partial charge in [-0.15, -0.1) is 11.3 Å². The lowest BCUT2D eigenvalue weighted by Gasteiger charge is -2.25. The molecule has 180 valence electrons. The molecule has 0 aliphatic rings. The van der Waals surface area contributed by atoms with E-state index in [2.05, 4.69) is 24.5 Å². The van der Waals surface area contributed by atoms with Crippen molar-refractivity contribution in [2.45, 2.75) is 65.6 Å². The van der Waals surface area contributed by atoms with E-state index in [4.69, 9.17) is 16.2 Å². The lowest BCUT2D eigenvalue weighted by molar-refractivity contribution is -0.158. The lowest BCUT2D eigenvalue weighted by atomic mass is 10.0. The third-order valence-corrected chi connectivity index (χ3v) is 5.69. The summed E-state index contributed by atoms with van der Waals surface area (Å²) in [6, 6.07) is 8.53. The van der Waals surface area contributed by atoms with E-state index in [-0.39, 0.29) is 17.6 Å². The summed E-state index contributed by atoms with van der Waals surface area (Å²) in [5.41, 5.74) is 12.3. The minimum atomic E-state index is -0.745. The zero-order chi connectivity index (χ0) is 24.8. The van der Waals surface area contributed by atoms with Crippen molar-refractivity contribution in [3.05, 3.63) is 51.9 Å². The number of hydrogen-bond acceptors (Lipinski definition) is 6. The molecule has 1 heterocycles. The minimum absolute atomic E-state index is 0.240. The van der Waals surface area contributed by atoms with Gasteiger partial charge in [-0.1, -0.05) is 38.1 Å². The molecular formula is C24H34N4O4S. The van der Waals surface area contributed by atoms with Gasteiger partial charge in [-0.25, -0.2) is 4.79 Å². The highest BCUT2D eigenvalue weighted by Gasteiger charge is 2.25. The normalized spacial score (nSPS) is 12.4. The van der Waals surface area contributed by atoms with Crippen LogP contribution in [-0.4, -0.2) is 29.6 Å². The van der Waals surface area contributed by atoms with E-state index in [1.807, 2.05) is 45.0 Å². The predicted molar refractivity (Wildman–Crippen MR) is 131 cm³/mol. The van der Waals surface area contributed by atoms with E-state index < -0.39 is 17.5 Å². The second-order valence-corrected chi connectivity index (χ2v) is 10.5. The number of esters is 1. The van der Waals surface area contributed by atoms with Gasteiger partial charge in [0, 0.05) is 17.8 Å². The van der Waals surface area contributed by atoms with Gasteiger partial charge >= 0.3 is 12.0 Å². The van der Waals surface area contributed by atoms with Gasteiger partial charge in [0.05, 0.1) is 5.56 Å². The fourth-order valence-corrected chi connectivity index (χ4v) is 4.34. The van der Waals surface area contributed by atoms with Gasteiger partial charge in [0.15, 0.2) is 0 Å².